The highest BCUT2D eigenvalue weighted by atomic mass is 16.5. The second-order valence-electron chi connectivity index (χ2n) is 4.36. The van der Waals surface area contributed by atoms with Crippen molar-refractivity contribution in [3.8, 4) is 6.07 Å². The lowest BCUT2D eigenvalue weighted by molar-refractivity contribution is -0.151. The van der Waals surface area contributed by atoms with Crippen LogP contribution in [0.3, 0.4) is 0 Å². The smallest absolute Gasteiger partial charge is 0.318 e. The largest absolute Gasteiger partial charge is 0.465 e. The van der Waals surface area contributed by atoms with Crippen molar-refractivity contribution in [1.29, 1.82) is 5.26 Å². The average molecular weight is 259 g/mol. The molecule has 0 bridgehead atoms. The van der Waals surface area contributed by atoms with E-state index in [0.29, 0.717) is 5.56 Å². The van der Waals surface area contributed by atoms with Crippen LogP contribution in [0.1, 0.15) is 30.9 Å². The fourth-order valence-electron chi connectivity index (χ4n) is 1.88. The van der Waals surface area contributed by atoms with E-state index in [1.54, 1.807) is 19.1 Å². The number of nitrogens with zero attached hydrogens (tertiary/aromatic N) is 1. The second kappa shape index (κ2) is 6.69. The molecule has 4 heteroatoms. The van der Waals surface area contributed by atoms with Crippen LogP contribution in [0.25, 0.3) is 0 Å². The van der Waals surface area contributed by atoms with Crippen LogP contribution in [0, 0.1) is 24.2 Å². The fourth-order valence-corrected chi connectivity index (χ4v) is 1.88. The van der Waals surface area contributed by atoms with Gasteiger partial charge in [0.2, 0.25) is 0 Å². The van der Waals surface area contributed by atoms with Crippen molar-refractivity contribution in [2.75, 3.05) is 6.61 Å². The van der Waals surface area contributed by atoms with Crippen molar-refractivity contribution < 1.29 is 14.3 Å². The maximum atomic E-state index is 11.8. The molecule has 0 spiro atoms. The van der Waals surface area contributed by atoms with Gasteiger partial charge in [-0.2, -0.15) is 5.26 Å². The van der Waals surface area contributed by atoms with Crippen LogP contribution in [-0.4, -0.2) is 18.4 Å². The van der Waals surface area contributed by atoms with Crippen LogP contribution in [0.4, 0.5) is 0 Å². The number of benzene rings is 1. The summed E-state index contributed by atoms with van der Waals surface area (Å²) in [6, 6.07) is 9.26. The summed E-state index contributed by atoms with van der Waals surface area (Å²) in [6.07, 6.45) is 0. The molecule has 0 fully saturated rings. The third kappa shape index (κ3) is 3.65. The number of rotatable bonds is 5. The van der Waals surface area contributed by atoms with Crippen molar-refractivity contribution in [2.45, 2.75) is 26.7 Å². The Labute approximate surface area is 113 Å². The number of hydrogen-bond donors (Lipinski definition) is 0. The van der Waals surface area contributed by atoms with Crippen LogP contribution in [0.15, 0.2) is 24.3 Å². The normalized spacial score (nSPS) is 13.2. The molecule has 0 aliphatic rings. The van der Waals surface area contributed by atoms with Gasteiger partial charge in [-0.15, -0.1) is 0 Å². The summed E-state index contributed by atoms with van der Waals surface area (Å²) in [5, 5.41) is 9.28. The lowest BCUT2D eigenvalue weighted by Gasteiger charge is -2.18. The average Bonchev–Trinajstić information content (AvgIpc) is 2.36. The molecule has 4 nitrogen and oxygen atoms in total. The van der Waals surface area contributed by atoms with E-state index in [2.05, 4.69) is 0 Å². The molecule has 0 aromatic heterocycles. The van der Waals surface area contributed by atoms with Crippen LogP contribution in [0.5, 0.6) is 0 Å². The molecule has 2 unspecified atom stereocenters. The van der Waals surface area contributed by atoms with Gasteiger partial charge in [0.05, 0.1) is 18.6 Å². The summed E-state index contributed by atoms with van der Waals surface area (Å²) in [6.45, 7) is 5.09. The lowest BCUT2D eigenvalue weighted by atomic mass is 9.84. The number of ketones is 1. The Morgan fingerprint density at radius 1 is 1.32 bits per heavy atom. The maximum absolute atomic E-state index is 11.8. The standard InChI is InChI=1S/C15H17NO3/c1-4-19-15(18)14(11(3)17)13(9-16)12-7-5-10(2)6-8-12/h5-8,13-14H,4H2,1-3H3. The maximum Gasteiger partial charge on any atom is 0.318 e. The molecule has 0 aliphatic carbocycles. The van der Waals surface area contributed by atoms with Crippen LogP contribution in [0.2, 0.25) is 0 Å². The van der Waals surface area contributed by atoms with Gasteiger partial charge in [-0.1, -0.05) is 29.8 Å². The molecule has 0 heterocycles. The molecule has 0 N–H and O–H groups in total. The van der Waals surface area contributed by atoms with Crippen molar-refractivity contribution in [1.82, 2.24) is 0 Å². The predicted octanol–water partition coefficient (Wildman–Crippen LogP) is 2.37. The molecule has 0 saturated carbocycles. The first-order valence-corrected chi connectivity index (χ1v) is 6.14. The zero-order valence-corrected chi connectivity index (χ0v) is 11.3. The summed E-state index contributed by atoms with van der Waals surface area (Å²) < 4.78 is 4.88. The summed E-state index contributed by atoms with van der Waals surface area (Å²) in [4.78, 5) is 23.5. The van der Waals surface area contributed by atoms with Crippen LogP contribution < -0.4 is 0 Å². The lowest BCUT2D eigenvalue weighted by Crippen LogP contribution is -2.30. The monoisotopic (exact) mass is 259 g/mol. The number of carbonyl (C=O) groups is 2. The Kier molecular flexibility index (Phi) is 5.25. The number of ether oxygens (including phenoxy) is 1. The zero-order valence-electron chi connectivity index (χ0n) is 11.3. The first kappa shape index (κ1) is 14.9. The summed E-state index contributed by atoms with van der Waals surface area (Å²) in [5.41, 5.74) is 1.71. The predicted molar refractivity (Wildman–Crippen MR) is 70.3 cm³/mol. The van der Waals surface area contributed by atoms with Crippen LogP contribution in [-0.2, 0) is 14.3 Å². The Balaban J connectivity index is 3.11. The van der Waals surface area contributed by atoms with Gasteiger partial charge >= 0.3 is 5.97 Å². The number of Topliss-reactive ketones (excluding diaryl/α,β-unsaturated/α-hetero) is 1. The minimum Gasteiger partial charge on any atom is -0.465 e. The van der Waals surface area contributed by atoms with Crippen LogP contribution >= 0.6 is 0 Å². The quantitative estimate of drug-likeness (QED) is 0.601. The number of hydrogen-bond acceptors (Lipinski definition) is 4. The fraction of sp³-hybridized carbons (Fsp3) is 0.400. The number of esters is 1. The molecular weight excluding hydrogens is 242 g/mol. The Bertz CT molecular complexity index is 499. The van der Waals surface area contributed by atoms with Gasteiger partial charge in [-0.25, -0.2) is 0 Å². The highest BCUT2D eigenvalue weighted by Gasteiger charge is 2.34. The molecule has 0 aliphatic heterocycles. The van der Waals surface area contributed by atoms with E-state index in [1.807, 2.05) is 25.1 Å². The number of nitriles is 1. The Morgan fingerprint density at radius 3 is 2.32 bits per heavy atom. The van der Waals surface area contributed by atoms with E-state index in [9.17, 15) is 14.9 Å². The molecule has 0 amide bonds. The van der Waals surface area contributed by atoms with Gasteiger partial charge in [-0.3, -0.25) is 9.59 Å². The minimum absolute atomic E-state index is 0.189. The van der Waals surface area contributed by atoms with Gasteiger partial charge in [0.1, 0.15) is 11.7 Å². The number of aryl methyl sites for hydroxylation is 1. The molecule has 0 radical (unpaired) electrons. The van der Waals surface area contributed by atoms with Crippen molar-refractivity contribution in [3.63, 3.8) is 0 Å². The van der Waals surface area contributed by atoms with Crippen molar-refractivity contribution in [3.05, 3.63) is 35.4 Å². The van der Waals surface area contributed by atoms with Crippen molar-refractivity contribution >= 4 is 11.8 Å². The highest BCUT2D eigenvalue weighted by Crippen LogP contribution is 2.26. The minimum atomic E-state index is -1.06. The molecule has 1 aromatic rings. The topological polar surface area (TPSA) is 67.2 Å². The molecule has 0 saturated heterocycles. The molecule has 100 valence electrons. The van der Waals surface area contributed by atoms with E-state index in [1.165, 1.54) is 6.92 Å². The zero-order chi connectivity index (χ0) is 14.4. The summed E-state index contributed by atoms with van der Waals surface area (Å²) in [7, 11) is 0. The molecule has 1 rings (SSSR count). The highest BCUT2D eigenvalue weighted by molar-refractivity contribution is 5.99. The molecule has 2 atom stereocenters. The summed E-state index contributed by atoms with van der Waals surface area (Å²) >= 11 is 0. The van der Waals surface area contributed by atoms with E-state index in [-0.39, 0.29) is 12.4 Å². The van der Waals surface area contributed by atoms with E-state index in [0.717, 1.165) is 5.56 Å². The van der Waals surface area contributed by atoms with E-state index in [4.69, 9.17) is 4.74 Å². The Morgan fingerprint density at radius 2 is 1.89 bits per heavy atom. The SMILES string of the molecule is CCOC(=O)C(C(C)=O)C(C#N)c1ccc(C)cc1. The molecular formula is C15H17NO3. The number of carbonyl (C=O) groups excluding carboxylic acids is 2. The van der Waals surface area contributed by atoms with Gasteiger partial charge in [-0.05, 0) is 26.3 Å². The van der Waals surface area contributed by atoms with E-state index >= 15 is 0 Å². The summed E-state index contributed by atoms with van der Waals surface area (Å²) in [5.74, 6) is -2.86. The first-order chi connectivity index (χ1) is 9.01. The van der Waals surface area contributed by atoms with Gasteiger partial charge < -0.3 is 4.74 Å². The molecule has 1 aromatic carbocycles. The van der Waals surface area contributed by atoms with Crippen molar-refractivity contribution in [2.24, 2.45) is 5.92 Å². The van der Waals surface area contributed by atoms with Gasteiger partial charge in [0.25, 0.3) is 0 Å². The third-order valence-corrected chi connectivity index (χ3v) is 2.89. The van der Waals surface area contributed by atoms with E-state index < -0.39 is 17.8 Å². The first-order valence-electron chi connectivity index (χ1n) is 6.14. The molecule has 19 heavy (non-hydrogen) atoms. The van der Waals surface area contributed by atoms with Gasteiger partial charge in [0, 0.05) is 0 Å². The second-order valence-corrected chi connectivity index (χ2v) is 4.36. The van der Waals surface area contributed by atoms with Gasteiger partial charge in [0.15, 0.2) is 0 Å². The Hall–Kier alpha value is -2.15. The third-order valence-electron chi connectivity index (χ3n) is 2.89.